The first-order valence-corrected chi connectivity index (χ1v) is 5.93. The van der Waals surface area contributed by atoms with Crippen LogP contribution in [-0.4, -0.2) is 25.1 Å². The smallest absolute Gasteiger partial charge is 0.258 e. The molecule has 1 aromatic carbocycles. The summed E-state index contributed by atoms with van der Waals surface area (Å²) in [4.78, 5) is 11.6. The van der Waals surface area contributed by atoms with Gasteiger partial charge in [0.2, 0.25) is 0 Å². The third kappa shape index (κ3) is 5.36. The van der Waals surface area contributed by atoms with Crippen molar-refractivity contribution in [3.05, 3.63) is 30.3 Å². The Balaban J connectivity index is 2.30. The summed E-state index contributed by atoms with van der Waals surface area (Å²) in [5, 5.41) is 2.85. The van der Waals surface area contributed by atoms with Crippen LogP contribution in [0, 0.1) is 0 Å². The van der Waals surface area contributed by atoms with E-state index >= 15 is 0 Å². The molecule has 0 spiro atoms. The predicted octanol–water partition coefficient (Wildman–Crippen LogP) is 1.31. The lowest BCUT2D eigenvalue weighted by atomic mass is 10.2. The van der Waals surface area contributed by atoms with E-state index in [0.717, 1.165) is 12.8 Å². The highest BCUT2D eigenvalue weighted by Crippen LogP contribution is 2.07. The second-order valence-corrected chi connectivity index (χ2v) is 3.89. The van der Waals surface area contributed by atoms with Crippen LogP contribution in [0.15, 0.2) is 30.3 Å². The monoisotopic (exact) mass is 236 g/mol. The molecule has 1 amide bonds. The van der Waals surface area contributed by atoms with Crippen molar-refractivity contribution in [2.45, 2.75) is 25.8 Å². The number of nitrogens with one attached hydrogen (secondary N) is 1. The number of benzene rings is 1. The molecule has 1 aromatic rings. The summed E-state index contributed by atoms with van der Waals surface area (Å²) in [5.74, 6) is 0.570. The Morgan fingerprint density at radius 2 is 2.12 bits per heavy atom. The third-order valence-electron chi connectivity index (χ3n) is 2.40. The molecule has 4 nitrogen and oxygen atoms in total. The van der Waals surface area contributed by atoms with Gasteiger partial charge in [-0.05, 0) is 18.6 Å². The van der Waals surface area contributed by atoms with E-state index in [0.29, 0.717) is 12.3 Å². The third-order valence-corrected chi connectivity index (χ3v) is 2.40. The van der Waals surface area contributed by atoms with Crippen molar-refractivity contribution in [3.63, 3.8) is 0 Å². The number of hydrogen-bond acceptors (Lipinski definition) is 3. The van der Waals surface area contributed by atoms with E-state index in [9.17, 15) is 4.79 Å². The van der Waals surface area contributed by atoms with E-state index in [2.05, 4.69) is 12.2 Å². The first kappa shape index (κ1) is 13.5. The van der Waals surface area contributed by atoms with E-state index < -0.39 is 0 Å². The first-order chi connectivity index (χ1) is 8.26. The Labute approximate surface area is 102 Å². The number of hydrogen-bond donors (Lipinski definition) is 2. The molecule has 0 saturated heterocycles. The number of ether oxygens (including phenoxy) is 1. The second-order valence-electron chi connectivity index (χ2n) is 3.89. The van der Waals surface area contributed by atoms with Crippen molar-refractivity contribution in [2.75, 3.05) is 13.2 Å². The summed E-state index contributed by atoms with van der Waals surface area (Å²) < 4.78 is 5.34. The molecular formula is C13H20N2O2. The van der Waals surface area contributed by atoms with Crippen molar-refractivity contribution >= 4 is 5.91 Å². The van der Waals surface area contributed by atoms with Gasteiger partial charge in [-0.3, -0.25) is 4.79 Å². The maximum atomic E-state index is 11.6. The summed E-state index contributed by atoms with van der Waals surface area (Å²) in [6.07, 6.45) is 1.90. The van der Waals surface area contributed by atoms with Crippen LogP contribution >= 0.6 is 0 Å². The minimum atomic E-state index is -0.127. The van der Waals surface area contributed by atoms with Crippen LogP contribution in [-0.2, 0) is 4.79 Å². The van der Waals surface area contributed by atoms with Crippen LogP contribution in [0.4, 0.5) is 0 Å². The fraction of sp³-hybridized carbons (Fsp3) is 0.462. The van der Waals surface area contributed by atoms with Gasteiger partial charge in [0.1, 0.15) is 5.75 Å². The fourth-order valence-corrected chi connectivity index (χ4v) is 1.53. The highest BCUT2D eigenvalue weighted by atomic mass is 16.5. The quantitative estimate of drug-likeness (QED) is 0.750. The Morgan fingerprint density at radius 1 is 1.41 bits per heavy atom. The zero-order valence-corrected chi connectivity index (χ0v) is 10.2. The van der Waals surface area contributed by atoms with Gasteiger partial charge < -0.3 is 15.8 Å². The molecule has 0 fully saturated rings. The van der Waals surface area contributed by atoms with Gasteiger partial charge in [-0.25, -0.2) is 0 Å². The van der Waals surface area contributed by atoms with E-state index in [1.807, 2.05) is 30.3 Å². The summed E-state index contributed by atoms with van der Waals surface area (Å²) in [6, 6.07) is 9.32. The summed E-state index contributed by atoms with van der Waals surface area (Å²) in [6.45, 7) is 2.56. The molecule has 0 aliphatic carbocycles. The van der Waals surface area contributed by atoms with E-state index in [1.165, 1.54) is 0 Å². The average Bonchev–Trinajstić information content (AvgIpc) is 2.37. The van der Waals surface area contributed by atoms with Gasteiger partial charge in [-0.2, -0.15) is 0 Å². The van der Waals surface area contributed by atoms with Gasteiger partial charge in [0.15, 0.2) is 6.61 Å². The normalized spacial score (nSPS) is 11.9. The van der Waals surface area contributed by atoms with Crippen LogP contribution in [0.25, 0.3) is 0 Å². The lowest BCUT2D eigenvalue weighted by Crippen LogP contribution is -2.42. The van der Waals surface area contributed by atoms with Gasteiger partial charge in [0, 0.05) is 12.6 Å². The molecule has 94 valence electrons. The van der Waals surface area contributed by atoms with Crippen LogP contribution < -0.4 is 15.8 Å². The Kier molecular flexibility index (Phi) is 6.10. The number of nitrogens with two attached hydrogens (primary N) is 1. The van der Waals surface area contributed by atoms with Crippen molar-refractivity contribution in [3.8, 4) is 5.75 Å². The Morgan fingerprint density at radius 3 is 2.71 bits per heavy atom. The molecule has 1 atom stereocenters. The maximum Gasteiger partial charge on any atom is 0.258 e. The molecule has 0 radical (unpaired) electrons. The minimum Gasteiger partial charge on any atom is -0.484 e. The number of para-hydroxylation sites is 1. The number of carbonyl (C=O) groups excluding carboxylic acids is 1. The summed E-state index contributed by atoms with van der Waals surface area (Å²) >= 11 is 0. The minimum absolute atomic E-state index is 0.0320. The molecular weight excluding hydrogens is 216 g/mol. The molecule has 0 aromatic heterocycles. The predicted molar refractivity (Wildman–Crippen MR) is 67.8 cm³/mol. The Bertz CT molecular complexity index is 327. The highest BCUT2D eigenvalue weighted by Gasteiger charge is 2.09. The molecule has 0 aliphatic heterocycles. The second kappa shape index (κ2) is 7.68. The lowest BCUT2D eigenvalue weighted by Gasteiger charge is -2.16. The zero-order chi connectivity index (χ0) is 12.5. The van der Waals surface area contributed by atoms with Gasteiger partial charge in [-0.15, -0.1) is 0 Å². The van der Waals surface area contributed by atoms with Crippen LogP contribution in [0.3, 0.4) is 0 Å². The molecule has 1 rings (SSSR count). The molecule has 0 heterocycles. The Hall–Kier alpha value is -1.55. The first-order valence-electron chi connectivity index (χ1n) is 5.93. The van der Waals surface area contributed by atoms with Gasteiger partial charge in [0.05, 0.1) is 0 Å². The van der Waals surface area contributed by atoms with E-state index in [-0.39, 0.29) is 18.6 Å². The summed E-state index contributed by atoms with van der Waals surface area (Å²) in [7, 11) is 0. The van der Waals surface area contributed by atoms with Crippen molar-refractivity contribution in [1.82, 2.24) is 5.32 Å². The number of rotatable bonds is 7. The lowest BCUT2D eigenvalue weighted by molar-refractivity contribution is -0.123. The van der Waals surface area contributed by atoms with Crippen LogP contribution in [0.1, 0.15) is 19.8 Å². The fourth-order valence-electron chi connectivity index (χ4n) is 1.53. The summed E-state index contributed by atoms with van der Waals surface area (Å²) in [5.41, 5.74) is 5.56. The van der Waals surface area contributed by atoms with Gasteiger partial charge in [-0.1, -0.05) is 31.5 Å². The molecule has 0 saturated carbocycles. The number of carbonyl (C=O) groups is 1. The SMILES string of the molecule is CCCC(CN)NC(=O)COc1ccccc1. The molecule has 3 N–H and O–H groups in total. The maximum absolute atomic E-state index is 11.6. The zero-order valence-electron chi connectivity index (χ0n) is 10.2. The van der Waals surface area contributed by atoms with Crippen molar-refractivity contribution < 1.29 is 9.53 Å². The molecule has 1 unspecified atom stereocenters. The van der Waals surface area contributed by atoms with E-state index in [4.69, 9.17) is 10.5 Å². The largest absolute Gasteiger partial charge is 0.484 e. The molecule has 17 heavy (non-hydrogen) atoms. The molecule has 0 aliphatic rings. The standard InChI is InChI=1S/C13H20N2O2/c1-2-6-11(9-14)15-13(16)10-17-12-7-4-3-5-8-12/h3-5,7-8,11H,2,6,9-10,14H2,1H3,(H,15,16). The molecule has 0 bridgehead atoms. The van der Waals surface area contributed by atoms with Crippen LogP contribution in [0.5, 0.6) is 5.75 Å². The van der Waals surface area contributed by atoms with Gasteiger partial charge in [0.25, 0.3) is 5.91 Å². The molecule has 4 heteroatoms. The van der Waals surface area contributed by atoms with Crippen molar-refractivity contribution in [2.24, 2.45) is 5.73 Å². The van der Waals surface area contributed by atoms with Gasteiger partial charge >= 0.3 is 0 Å². The average molecular weight is 236 g/mol. The highest BCUT2D eigenvalue weighted by molar-refractivity contribution is 5.77. The van der Waals surface area contributed by atoms with Crippen molar-refractivity contribution in [1.29, 1.82) is 0 Å². The van der Waals surface area contributed by atoms with Crippen LogP contribution in [0.2, 0.25) is 0 Å². The topological polar surface area (TPSA) is 64.3 Å². The number of amides is 1. The van der Waals surface area contributed by atoms with E-state index in [1.54, 1.807) is 0 Å².